The summed E-state index contributed by atoms with van der Waals surface area (Å²) in [5.74, 6) is 2.01. The fourth-order valence-corrected chi connectivity index (χ4v) is 2.71. The van der Waals surface area contributed by atoms with Crippen LogP contribution in [0, 0.1) is 13.8 Å². The molecule has 0 aliphatic rings. The number of benzene rings is 1. The van der Waals surface area contributed by atoms with Crippen molar-refractivity contribution in [3.8, 4) is 0 Å². The van der Waals surface area contributed by atoms with Gasteiger partial charge in [0.25, 0.3) is 0 Å². The molecule has 1 aromatic carbocycles. The van der Waals surface area contributed by atoms with Crippen molar-refractivity contribution in [3.05, 3.63) is 59.0 Å². The van der Waals surface area contributed by atoms with E-state index in [1.165, 1.54) is 11.1 Å². The average molecular weight is 271 g/mol. The van der Waals surface area contributed by atoms with Gasteiger partial charge in [0.2, 0.25) is 0 Å². The monoisotopic (exact) mass is 271 g/mol. The molecule has 2 atom stereocenters. The second kappa shape index (κ2) is 6.76. The number of hydrogen-bond acceptors (Lipinski definition) is 2. The summed E-state index contributed by atoms with van der Waals surface area (Å²) in [5.41, 5.74) is 2.68. The van der Waals surface area contributed by atoms with E-state index in [0.29, 0.717) is 12.1 Å². The molecular weight excluding hydrogens is 246 g/mol. The van der Waals surface area contributed by atoms with E-state index in [1.54, 1.807) is 0 Å². The first-order valence-electron chi connectivity index (χ1n) is 7.43. The van der Waals surface area contributed by atoms with E-state index in [9.17, 15) is 0 Å². The quantitative estimate of drug-likeness (QED) is 0.832. The van der Waals surface area contributed by atoms with Crippen LogP contribution in [0.25, 0.3) is 0 Å². The van der Waals surface area contributed by atoms with Crippen LogP contribution in [0.5, 0.6) is 0 Å². The molecule has 0 saturated heterocycles. The molecule has 1 heterocycles. The van der Waals surface area contributed by atoms with E-state index < -0.39 is 0 Å². The molecule has 2 heteroatoms. The first-order chi connectivity index (χ1) is 9.56. The number of furan rings is 1. The van der Waals surface area contributed by atoms with Gasteiger partial charge in [-0.1, -0.05) is 30.3 Å². The van der Waals surface area contributed by atoms with Gasteiger partial charge in [0.15, 0.2) is 0 Å². The second-order valence-corrected chi connectivity index (χ2v) is 5.68. The van der Waals surface area contributed by atoms with E-state index in [0.717, 1.165) is 24.4 Å². The Bertz CT molecular complexity index is 530. The van der Waals surface area contributed by atoms with Gasteiger partial charge in [-0.15, -0.1) is 0 Å². The van der Waals surface area contributed by atoms with Crippen LogP contribution in [0.2, 0.25) is 0 Å². The van der Waals surface area contributed by atoms with Gasteiger partial charge in [0.1, 0.15) is 11.5 Å². The van der Waals surface area contributed by atoms with Crippen LogP contribution < -0.4 is 5.32 Å². The minimum atomic E-state index is 0.332. The lowest BCUT2D eigenvalue weighted by molar-refractivity contribution is 0.445. The highest BCUT2D eigenvalue weighted by molar-refractivity contribution is 5.23. The van der Waals surface area contributed by atoms with Crippen LogP contribution >= 0.6 is 0 Å². The molecule has 0 aliphatic heterocycles. The molecule has 0 saturated carbocycles. The second-order valence-electron chi connectivity index (χ2n) is 5.68. The van der Waals surface area contributed by atoms with Crippen molar-refractivity contribution >= 4 is 0 Å². The van der Waals surface area contributed by atoms with E-state index in [1.807, 2.05) is 13.8 Å². The number of aryl methyl sites for hydroxylation is 3. The van der Waals surface area contributed by atoms with E-state index in [-0.39, 0.29) is 0 Å². The van der Waals surface area contributed by atoms with E-state index in [4.69, 9.17) is 4.42 Å². The minimum Gasteiger partial charge on any atom is -0.466 e. The van der Waals surface area contributed by atoms with Crippen molar-refractivity contribution in [2.24, 2.45) is 0 Å². The number of nitrogens with one attached hydrogen (secondary N) is 1. The SMILES string of the molecule is Cc1cc(C(C)NC(C)CCc2ccccc2)c(C)o1. The summed E-state index contributed by atoms with van der Waals surface area (Å²) in [6, 6.07) is 13.6. The molecule has 2 aromatic rings. The zero-order valence-electron chi connectivity index (χ0n) is 12.9. The van der Waals surface area contributed by atoms with Gasteiger partial charge >= 0.3 is 0 Å². The van der Waals surface area contributed by atoms with Gasteiger partial charge < -0.3 is 9.73 Å². The zero-order chi connectivity index (χ0) is 14.5. The first-order valence-corrected chi connectivity index (χ1v) is 7.43. The Balaban J connectivity index is 1.85. The Labute approximate surface area is 122 Å². The van der Waals surface area contributed by atoms with Crippen LogP contribution in [-0.4, -0.2) is 6.04 Å². The van der Waals surface area contributed by atoms with Crippen LogP contribution in [0.1, 0.15) is 49.0 Å². The molecule has 0 amide bonds. The summed E-state index contributed by atoms with van der Waals surface area (Å²) in [5, 5.41) is 3.66. The predicted molar refractivity (Wildman–Crippen MR) is 84.0 cm³/mol. The molecule has 1 N–H and O–H groups in total. The highest BCUT2D eigenvalue weighted by Gasteiger charge is 2.14. The molecule has 2 unspecified atom stereocenters. The smallest absolute Gasteiger partial charge is 0.105 e. The van der Waals surface area contributed by atoms with Crippen LogP contribution in [0.4, 0.5) is 0 Å². The third-order valence-electron chi connectivity index (χ3n) is 3.79. The molecule has 0 fully saturated rings. The van der Waals surface area contributed by atoms with Crippen molar-refractivity contribution in [1.82, 2.24) is 5.32 Å². The minimum absolute atomic E-state index is 0.332. The Kier molecular flexibility index (Phi) is 5.02. The standard InChI is InChI=1S/C18H25NO/c1-13(10-11-17-8-6-5-7-9-17)19-15(3)18-12-14(2)20-16(18)4/h5-9,12-13,15,19H,10-11H2,1-4H3. The molecule has 108 valence electrons. The van der Waals surface area contributed by atoms with Gasteiger partial charge in [-0.2, -0.15) is 0 Å². The largest absolute Gasteiger partial charge is 0.466 e. The van der Waals surface area contributed by atoms with Gasteiger partial charge in [0, 0.05) is 17.6 Å². The average Bonchev–Trinajstić information content (AvgIpc) is 2.77. The molecule has 20 heavy (non-hydrogen) atoms. The fraction of sp³-hybridized carbons (Fsp3) is 0.444. The third-order valence-corrected chi connectivity index (χ3v) is 3.79. The predicted octanol–water partition coefficient (Wildman–Crippen LogP) is 4.57. The number of hydrogen-bond donors (Lipinski definition) is 1. The van der Waals surface area contributed by atoms with Crippen molar-refractivity contribution in [2.45, 2.75) is 52.6 Å². The highest BCUT2D eigenvalue weighted by Crippen LogP contribution is 2.22. The van der Waals surface area contributed by atoms with Crippen molar-refractivity contribution in [3.63, 3.8) is 0 Å². The lowest BCUT2D eigenvalue weighted by Crippen LogP contribution is -2.29. The zero-order valence-corrected chi connectivity index (χ0v) is 12.9. The van der Waals surface area contributed by atoms with E-state index in [2.05, 4.69) is 55.6 Å². The molecule has 0 aliphatic carbocycles. The highest BCUT2D eigenvalue weighted by atomic mass is 16.3. The maximum absolute atomic E-state index is 5.61. The van der Waals surface area contributed by atoms with Gasteiger partial charge in [-0.25, -0.2) is 0 Å². The fourth-order valence-electron chi connectivity index (χ4n) is 2.71. The van der Waals surface area contributed by atoms with Crippen molar-refractivity contribution in [1.29, 1.82) is 0 Å². The lowest BCUT2D eigenvalue weighted by Gasteiger charge is -2.19. The summed E-state index contributed by atoms with van der Waals surface area (Å²) in [6.45, 7) is 8.50. The summed E-state index contributed by atoms with van der Waals surface area (Å²) >= 11 is 0. The molecule has 2 rings (SSSR count). The molecule has 0 bridgehead atoms. The van der Waals surface area contributed by atoms with Gasteiger partial charge in [0.05, 0.1) is 0 Å². The normalized spacial score (nSPS) is 14.2. The van der Waals surface area contributed by atoms with Crippen molar-refractivity contribution in [2.75, 3.05) is 0 Å². The van der Waals surface area contributed by atoms with E-state index >= 15 is 0 Å². The number of rotatable bonds is 6. The van der Waals surface area contributed by atoms with Crippen LogP contribution in [0.15, 0.2) is 40.8 Å². The Morgan fingerprint density at radius 3 is 2.40 bits per heavy atom. The van der Waals surface area contributed by atoms with Gasteiger partial charge in [-0.05, 0) is 52.2 Å². The Morgan fingerprint density at radius 2 is 1.80 bits per heavy atom. The molecule has 1 aromatic heterocycles. The molecule has 0 radical (unpaired) electrons. The molecular formula is C18H25NO. The molecule has 0 spiro atoms. The topological polar surface area (TPSA) is 25.2 Å². The maximum atomic E-state index is 5.61. The van der Waals surface area contributed by atoms with Crippen molar-refractivity contribution < 1.29 is 4.42 Å². The van der Waals surface area contributed by atoms with Crippen LogP contribution in [0.3, 0.4) is 0 Å². The first kappa shape index (κ1) is 14.9. The Hall–Kier alpha value is -1.54. The Morgan fingerprint density at radius 1 is 1.10 bits per heavy atom. The lowest BCUT2D eigenvalue weighted by atomic mass is 10.0. The van der Waals surface area contributed by atoms with Gasteiger partial charge in [-0.3, -0.25) is 0 Å². The van der Waals surface area contributed by atoms with Crippen LogP contribution in [-0.2, 0) is 6.42 Å². The summed E-state index contributed by atoms with van der Waals surface area (Å²) in [6.07, 6.45) is 2.26. The maximum Gasteiger partial charge on any atom is 0.105 e. The molecule has 2 nitrogen and oxygen atoms in total. The summed E-state index contributed by atoms with van der Waals surface area (Å²) < 4.78 is 5.61. The third kappa shape index (κ3) is 3.97. The summed E-state index contributed by atoms with van der Waals surface area (Å²) in [4.78, 5) is 0. The summed E-state index contributed by atoms with van der Waals surface area (Å²) in [7, 11) is 0.